The molecular weight excluding hydrogens is 164 g/mol. The molecule has 1 heterocycles. The van der Waals surface area contributed by atoms with Crippen LogP contribution in [0, 0.1) is 12.3 Å². The first-order valence-electron chi connectivity index (χ1n) is 4.08. The van der Waals surface area contributed by atoms with Crippen molar-refractivity contribution in [2.75, 3.05) is 13.2 Å². The van der Waals surface area contributed by atoms with Crippen molar-refractivity contribution in [3.8, 4) is 18.1 Å². The van der Waals surface area contributed by atoms with Gasteiger partial charge in [-0.3, -0.25) is 4.98 Å². The first-order valence-corrected chi connectivity index (χ1v) is 4.08. The second-order valence-corrected chi connectivity index (χ2v) is 2.52. The molecule has 0 saturated carbocycles. The van der Waals surface area contributed by atoms with Gasteiger partial charge in [0.2, 0.25) is 0 Å². The summed E-state index contributed by atoms with van der Waals surface area (Å²) in [5, 5.41) is 0. The molecule has 1 aromatic heterocycles. The van der Waals surface area contributed by atoms with Crippen LogP contribution in [0.15, 0.2) is 18.3 Å². The van der Waals surface area contributed by atoms with Crippen LogP contribution in [0.5, 0.6) is 5.75 Å². The average molecular weight is 176 g/mol. The number of nitrogens with two attached hydrogens (primary N) is 1. The molecule has 0 unspecified atom stereocenters. The molecule has 0 radical (unpaired) electrons. The Morgan fingerprint density at radius 2 is 2.38 bits per heavy atom. The van der Waals surface area contributed by atoms with E-state index in [1.165, 1.54) is 0 Å². The highest BCUT2D eigenvalue weighted by Gasteiger charge is 1.94. The Bertz CT molecular complexity index is 287. The number of hydrogen-bond acceptors (Lipinski definition) is 3. The van der Waals surface area contributed by atoms with Crippen molar-refractivity contribution in [1.29, 1.82) is 0 Å². The van der Waals surface area contributed by atoms with Gasteiger partial charge in [0.05, 0.1) is 6.20 Å². The fourth-order valence-corrected chi connectivity index (χ4v) is 0.917. The molecule has 0 spiro atoms. The van der Waals surface area contributed by atoms with E-state index in [0.29, 0.717) is 12.3 Å². The summed E-state index contributed by atoms with van der Waals surface area (Å²) in [6, 6.07) is 3.73. The average Bonchev–Trinajstić information content (AvgIpc) is 2.17. The summed E-state index contributed by atoms with van der Waals surface area (Å²) in [6.07, 6.45) is 7.48. The SMILES string of the molecule is C#CCOc1ccc(CCN)nc1. The van der Waals surface area contributed by atoms with Crippen LogP contribution in [0.1, 0.15) is 5.69 Å². The van der Waals surface area contributed by atoms with E-state index in [1.54, 1.807) is 6.20 Å². The Kier molecular flexibility index (Phi) is 3.80. The van der Waals surface area contributed by atoms with Gasteiger partial charge in [-0.1, -0.05) is 5.92 Å². The lowest BCUT2D eigenvalue weighted by Crippen LogP contribution is -2.04. The maximum Gasteiger partial charge on any atom is 0.148 e. The number of terminal acetylenes is 1. The van der Waals surface area contributed by atoms with Crippen LogP contribution in [0.3, 0.4) is 0 Å². The van der Waals surface area contributed by atoms with Crippen LogP contribution in [-0.2, 0) is 6.42 Å². The fourth-order valence-electron chi connectivity index (χ4n) is 0.917. The maximum absolute atomic E-state index is 5.38. The summed E-state index contributed by atoms with van der Waals surface area (Å²) >= 11 is 0. The predicted molar refractivity (Wildman–Crippen MR) is 51.3 cm³/mol. The van der Waals surface area contributed by atoms with E-state index in [4.69, 9.17) is 16.9 Å². The summed E-state index contributed by atoms with van der Waals surface area (Å²) in [4.78, 5) is 4.15. The van der Waals surface area contributed by atoms with Crippen LogP contribution in [-0.4, -0.2) is 18.1 Å². The van der Waals surface area contributed by atoms with Crippen molar-refractivity contribution in [2.45, 2.75) is 6.42 Å². The number of nitrogens with zero attached hydrogens (tertiary/aromatic N) is 1. The zero-order chi connectivity index (χ0) is 9.52. The first kappa shape index (κ1) is 9.56. The Hall–Kier alpha value is -1.53. The second kappa shape index (κ2) is 5.18. The van der Waals surface area contributed by atoms with Gasteiger partial charge >= 0.3 is 0 Å². The zero-order valence-corrected chi connectivity index (χ0v) is 7.36. The predicted octanol–water partition coefficient (Wildman–Crippen LogP) is 0.595. The third kappa shape index (κ3) is 3.14. The molecule has 68 valence electrons. The molecule has 0 aliphatic heterocycles. The van der Waals surface area contributed by atoms with Gasteiger partial charge in [-0.15, -0.1) is 6.42 Å². The fraction of sp³-hybridized carbons (Fsp3) is 0.300. The molecular formula is C10H12N2O. The van der Waals surface area contributed by atoms with Crippen LogP contribution in [0.4, 0.5) is 0 Å². The first-order chi connectivity index (χ1) is 6.36. The van der Waals surface area contributed by atoms with Crippen LogP contribution >= 0.6 is 0 Å². The lowest BCUT2D eigenvalue weighted by Gasteiger charge is -2.02. The zero-order valence-electron chi connectivity index (χ0n) is 7.36. The number of aromatic nitrogens is 1. The molecule has 0 saturated heterocycles. The molecule has 0 aromatic carbocycles. The summed E-state index contributed by atoms with van der Waals surface area (Å²) < 4.78 is 5.16. The lowest BCUT2D eigenvalue weighted by atomic mass is 10.3. The third-order valence-electron chi connectivity index (χ3n) is 1.52. The highest BCUT2D eigenvalue weighted by atomic mass is 16.5. The number of ether oxygens (including phenoxy) is 1. The van der Waals surface area contributed by atoms with Crippen molar-refractivity contribution in [3.63, 3.8) is 0 Å². The monoisotopic (exact) mass is 176 g/mol. The summed E-state index contributed by atoms with van der Waals surface area (Å²) in [7, 11) is 0. The highest BCUT2D eigenvalue weighted by Crippen LogP contribution is 2.08. The van der Waals surface area contributed by atoms with E-state index in [1.807, 2.05) is 12.1 Å². The van der Waals surface area contributed by atoms with E-state index in [0.717, 1.165) is 12.1 Å². The van der Waals surface area contributed by atoms with E-state index in [9.17, 15) is 0 Å². The molecule has 2 N–H and O–H groups in total. The van der Waals surface area contributed by atoms with Gasteiger partial charge in [0.1, 0.15) is 12.4 Å². The highest BCUT2D eigenvalue weighted by molar-refractivity contribution is 5.20. The Morgan fingerprint density at radius 1 is 1.54 bits per heavy atom. The van der Waals surface area contributed by atoms with Gasteiger partial charge < -0.3 is 10.5 Å². The van der Waals surface area contributed by atoms with Gasteiger partial charge in [0.25, 0.3) is 0 Å². The van der Waals surface area contributed by atoms with Crippen LogP contribution in [0.25, 0.3) is 0 Å². The molecule has 0 aliphatic carbocycles. The Balaban J connectivity index is 2.54. The molecule has 0 atom stereocenters. The van der Waals surface area contributed by atoms with Crippen molar-refractivity contribution >= 4 is 0 Å². The van der Waals surface area contributed by atoms with Crippen molar-refractivity contribution in [2.24, 2.45) is 5.73 Å². The minimum absolute atomic E-state index is 0.276. The van der Waals surface area contributed by atoms with E-state index in [2.05, 4.69) is 10.9 Å². The third-order valence-corrected chi connectivity index (χ3v) is 1.52. The number of pyridine rings is 1. The molecule has 0 fully saturated rings. The molecule has 0 amide bonds. The van der Waals surface area contributed by atoms with Gasteiger partial charge in [0.15, 0.2) is 0 Å². The minimum Gasteiger partial charge on any atom is -0.479 e. The molecule has 3 heteroatoms. The molecule has 1 rings (SSSR count). The molecule has 13 heavy (non-hydrogen) atoms. The van der Waals surface area contributed by atoms with Crippen molar-refractivity contribution in [3.05, 3.63) is 24.0 Å². The Labute approximate surface area is 77.9 Å². The van der Waals surface area contributed by atoms with Crippen LogP contribution in [0.2, 0.25) is 0 Å². The maximum atomic E-state index is 5.38. The van der Waals surface area contributed by atoms with E-state index < -0.39 is 0 Å². The van der Waals surface area contributed by atoms with Crippen molar-refractivity contribution < 1.29 is 4.74 Å². The van der Waals surface area contributed by atoms with E-state index >= 15 is 0 Å². The lowest BCUT2D eigenvalue weighted by molar-refractivity contribution is 0.368. The Morgan fingerprint density at radius 3 is 2.92 bits per heavy atom. The summed E-state index contributed by atoms with van der Waals surface area (Å²) in [5.41, 5.74) is 6.35. The number of hydrogen-bond donors (Lipinski definition) is 1. The summed E-state index contributed by atoms with van der Waals surface area (Å²) in [5.74, 6) is 3.08. The molecule has 0 bridgehead atoms. The molecule has 3 nitrogen and oxygen atoms in total. The summed E-state index contributed by atoms with van der Waals surface area (Å²) in [6.45, 7) is 0.884. The van der Waals surface area contributed by atoms with Crippen molar-refractivity contribution in [1.82, 2.24) is 4.98 Å². The standard InChI is InChI=1S/C10H12N2O/c1-2-7-13-10-4-3-9(5-6-11)12-8-10/h1,3-4,8H,5-7,11H2. The quantitative estimate of drug-likeness (QED) is 0.683. The molecule has 0 aliphatic rings. The van der Waals surface area contributed by atoms with Gasteiger partial charge in [-0.25, -0.2) is 0 Å². The van der Waals surface area contributed by atoms with Gasteiger partial charge in [-0.2, -0.15) is 0 Å². The minimum atomic E-state index is 0.276. The van der Waals surface area contributed by atoms with Gasteiger partial charge in [0, 0.05) is 12.1 Å². The van der Waals surface area contributed by atoms with E-state index in [-0.39, 0.29) is 6.61 Å². The largest absolute Gasteiger partial charge is 0.479 e. The van der Waals surface area contributed by atoms with Gasteiger partial charge in [-0.05, 0) is 18.7 Å². The smallest absolute Gasteiger partial charge is 0.148 e. The normalized spacial score (nSPS) is 9.23. The topological polar surface area (TPSA) is 48.1 Å². The molecule has 1 aromatic rings. The second-order valence-electron chi connectivity index (χ2n) is 2.52. The van der Waals surface area contributed by atoms with Crippen LogP contribution < -0.4 is 10.5 Å². The number of rotatable bonds is 4.